The fourth-order valence-corrected chi connectivity index (χ4v) is 3.43. The van der Waals surface area contributed by atoms with E-state index in [0.717, 1.165) is 31.9 Å². The van der Waals surface area contributed by atoms with Crippen LogP contribution in [0.15, 0.2) is 24.5 Å². The minimum absolute atomic E-state index is 0.133. The summed E-state index contributed by atoms with van der Waals surface area (Å²) >= 11 is 0. The number of piperazine rings is 1. The van der Waals surface area contributed by atoms with Crippen LogP contribution in [0.1, 0.15) is 25.6 Å². The van der Waals surface area contributed by atoms with E-state index in [1.165, 1.54) is 6.92 Å². The lowest BCUT2D eigenvalue weighted by atomic mass is 10.1. The standard InChI is InChI=1S/C19H24N6O3/c1-13(16-3-4-17-18(23-16)28-10-9-27-17)24-5-7-25(8-6-24)19-20-11-15(12-21-19)22-14(2)26/h3-4,11-13H,5-10H2,1-2H3,(H,22,26). The van der Waals surface area contributed by atoms with Crippen LogP contribution >= 0.6 is 0 Å². The summed E-state index contributed by atoms with van der Waals surface area (Å²) in [5.41, 5.74) is 1.59. The predicted octanol–water partition coefficient (Wildman–Crippen LogP) is 1.48. The summed E-state index contributed by atoms with van der Waals surface area (Å²) in [6.45, 7) is 8.15. The number of hydrogen-bond acceptors (Lipinski definition) is 8. The third-order valence-corrected chi connectivity index (χ3v) is 4.96. The van der Waals surface area contributed by atoms with Gasteiger partial charge < -0.3 is 19.7 Å². The molecule has 1 N–H and O–H groups in total. The lowest BCUT2D eigenvalue weighted by Gasteiger charge is -2.38. The van der Waals surface area contributed by atoms with Gasteiger partial charge >= 0.3 is 0 Å². The fourth-order valence-electron chi connectivity index (χ4n) is 3.43. The van der Waals surface area contributed by atoms with Gasteiger partial charge in [-0.1, -0.05) is 0 Å². The highest BCUT2D eigenvalue weighted by molar-refractivity contribution is 5.88. The Kier molecular flexibility index (Phi) is 5.25. The number of carbonyl (C=O) groups is 1. The van der Waals surface area contributed by atoms with Gasteiger partial charge in [-0.3, -0.25) is 9.69 Å². The monoisotopic (exact) mass is 384 g/mol. The fraction of sp³-hybridized carbons (Fsp3) is 0.474. The van der Waals surface area contributed by atoms with E-state index in [4.69, 9.17) is 9.47 Å². The molecular weight excluding hydrogens is 360 g/mol. The number of ether oxygens (including phenoxy) is 2. The average Bonchev–Trinajstić information content (AvgIpc) is 2.73. The molecule has 2 aliphatic heterocycles. The molecule has 0 aliphatic carbocycles. The van der Waals surface area contributed by atoms with Crippen LogP contribution in [0.25, 0.3) is 0 Å². The first kappa shape index (κ1) is 18.4. The molecule has 148 valence electrons. The van der Waals surface area contributed by atoms with Gasteiger partial charge in [-0.05, 0) is 19.1 Å². The lowest BCUT2D eigenvalue weighted by molar-refractivity contribution is -0.114. The number of amides is 1. The van der Waals surface area contributed by atoms with Crippen LogP contribution in [0, 0.1) is 0 Å². The molecule has 0 aromatic carbocycles. The van der Waals surface area contributed by atoms with Crippen molar-refractivity contribution < 1.29 is 14.3 Å². The first-order valence-corrected chi connectivity index (χ1v) is 9.45. The third kappa shape index (κ3) is 3.99. The molecule has 28 heavy (non-hydrogen) atoms. The summed E-state index contributed by atoms with van der Waals surface area (Å²) in [6.07, 6.45) is 3.27. The quantitative estimate of drug-likeness (QED) is 0.848. The summed E-state index contributed by atoms with van der Waals surface area (Å²) in [5.74, 6) is 1.85. The molecule has 0 bridgehead atoms. The number of pyridine rings is 1. The van der Waals surface area contributed by atoms with Crippen LogP contribution in [-0.4, -0.2) is 65.2 Å². The van der Waals surface area contributed by atoms with Crippen LogP contribution < -0.4 is 19.7 Å². The summed E-state index contributed by atoms with van der Waals surface area (Å²) in [5, 5.41) is 2.68. The Morgan fingerprint density at radius 3 is 2.54 bits per heavy atom. The third-order valence-electron chi connectivity index (χ3n) is 4.96. The molecule has 1 atom stereocenters. The van der Waals surface area contributed by atoms with Gasteiger partial charge in [0, 0.05) is 39.1 Å². The zero-order valence-corrected chi connectivity index (χ0v) is 16.1. The minimum atomic E-state index is -0.133. The van der Waals surface area contributed by atoms with Gasteiger partial charge in [-0.15, -0.1) is 0 Å². The number of hydrogen-bond donors (Lipinski definition) is 1. The van der Waals surface area contributed by atoms with Crippen molar-refractivity contribution in [2.75, 3.05) is 49.6 Å². The second kappa shape index (κ2) is 7.97. The second-order valence-electron chi connectivity index (χ2n) is 6.89. The topological polar surface area (TPSA) is 92.7 Å². The average molecular weight is 384 g/mol. The van der Waals surface area contributed by atoms with E-state index >= 15 is 0 Å². The van der Waals surface area contributed by atoms with Crippen LogP contribution in [0.5, 0.6) is 11.6 Å². The molecule has 1 unspecified atom stereocenters. The summed E-state index contributed by atoms with van der Waals surface area (Å²) in [4.78, 5) is 29.0. The van der Waals surface area contributed by atoms with Crippen LogP contribution in [0.3, 0.4) is 0 Å². The molecule has 2 aliphatic rings. The van der Waals surface area contributed by atoms with E-state index in [0.29, 0.717) is 36.5 Å². The van der Waals surface area contributed by atoms with Crippen LogP contribution in [0.4, 0.5) is 11.6 Å². The molecule has 4 rings (SSSR count). The SMILES string of the molecule is CC(=O)Nc1cnc(N2CCN(C(C)c3ccc4c(n3)OCCO4)CC2)nc1. The molecule has 1 amide bonds. The summed E-state index contributed by atoms with van der Waals surface area (Å²) < 4.78 is 11.2. The molecule has 2 aromatic heterocycles. The maximum Gasteiger partial charge on any atom is 0.257 e. The maximum absolute atomic E-state index is 11.1. The molecule has 0 saturated carbocycles. The van der Waals surface area contributed by atoms with Crippen molar-refractivity contribution in [2.24, 2.45) is 0 Å². The molecule has 0 radical (unpaired) electrons. The Morgan fingerprint density at radius 1 is 1.11 bits per heavy atom. The largest absolute Gasteiger partial charge is 0.484 e. The number of nitrogens with zero attached hydrogens (tertiary/aromatic N) is 5. The van der Waals surface area contributed by atoms with Gasteiger partial charge in [-0.2, -0.15) is 0 Å². The molecular formula is C19H24N6O3. The van der Waals surface area contributed by atoms with Gasteiger partial charge in [0.25, 0.3) is 5.88 Å². The molecule has 4 heterocycles. The number of rotatable bonds is 4. The van der Waals surface area contributed by atoms with E-state index in [9.17, 15) is 4.79 Å². The van der Waals surface area contributed by atoms with Gasteiger partial charge in [-0.25, -0.2) is 15.0 Å². The lowest BCUT2D eigenvalue weighted by Crippen LogP contribution is -2.47. The van der Waals surface area contributed by atoms with E-state index in [1.54, 1.807) is 12.4 Å². The Labute approximate surface area is 163 Å². The van der Waals surface area contributed by atoms with Gasteiger partial charge in [0.15, 0.2) is 5.75 Å². The number of fused-ring (bicyclic) bond motifs is 1. The molecule has 1 fully saturated rings. The highest BCUT2D eigenvalue weighted by Crippen LogP contribution is 2.31. The maximum atomic E-state index is 11.1. The molecule has 2 aromatic rings. The van der Waals surface area contributed by atoms with Crippen LogP contribution in [0.2, 0.25) is 0 Å². The van der Waals surface area contributed by atoms with Crippen molar-refractivity contribution in [2.45, 2.75) is 19.9 Å². The van der Waals surface area contributed by atoms with Crippen molar-refractivity contribution in [1.29, 1.82) is 0 Å². The van der Waals surface area contributed by atoms with E-state index in [-0.39, 0.29) is 11.9 Å². The van der Waals surface area contributed by atoms with Crippen LogP contribution in [-0.2, 0) is 4.79 Å². The first-order chi connectivity index (χ1) is 13.6. The predicted molar refractivity (Wildman–Crippen MR) is 104 cm³/mol. The smallest absolute Gasteiger partial charge is 0.257 e. The van der Waals surface area contributed by atoms with E-state index in [2.05, 4.69) is 37.0 Å². The van der Waals surface area contributed by atoms with Crippen molar-refractivity contribution in [3.63, 3.8) is 0 Å². The Hall–Kier alpha value is -2.94. The number of anilines is 2. The number of carbonyl (C=O) groups excluding carboxylic acids is 1. The Balaban J connectivity index is 1.36. The van der Waals surface area contributed by atoms with Crippen molar-refractivity contribution in [3.05, 3.63) is 30.2 Å². The highest BCUT2D eigenvalue weighted by atomic mass is 16.6. The minimum Gasteiger partial charge on any atom is -0.484 e. The number of aromatic nitrogens is 3. The van der Waals surface area contributed by atoms with E-state index in [1.807, 2.05) is 12.1 Å². The number of nitrogens with one attached hydrogen (secondary N) is 1. The molecule has 9 nitrogen and oxygen atoms in total. The van der Waals surface area contributed by atoms with Crippen molar-refractivity contribution >= 4 is 17.5 Å². The summed E-state index contributed by atoms with van der Waals surface area (Å²) in [7, 11) is 0. The van der Waals surface area contributed by atoms with Crippen molar-refractivity contribution in [1.82, 2.24) is 19.9 Å². The Morgan fingerprint density at radius 2 is 1.82 bits per heavy atom. The first-order valence-electron chi connectivity index (χ1n) is 9.45. The van der Waals surface area contributed by atoms with E-state index < -0.39 is 0 Å². The summed E-state index contributed by atoms with van der Waals surface area (Å²) in [6, 6.07) is 4.13. The normalized spacial score (nSPS) is 17.9. The van der Waals surface area contributed by atoms with Crippen molar-refractivity contribution in [3.8, 4) is 11.6 Å². The van der Waals surface area contributed by atoms with Gasteiger partial charge in [0.05, 0.1) is 23.8 Å². The zero-order valence-electron chi connectivity index (χ0n) is 16.1. The molecule has 9 heteroatoms. The van der Waals surface area contributed by atoms with Gasteiger partial charge in [0.2, 0.25) is 11.9 Å². The highest BCUT2D eigenvalue weighted by Gasteiger charge is 2.25. The zero-order chi connectivity index (χ0) is 19.5. The Bertz CT molecular complexity index is 836. The second-order valence-corrected chi connectivity index (χ2v) is 6.89. The van der Waals surface area contributed by atoms with Gasteiger partial charge in [0.1, 0.15) is 13.2 Å². The molecule has 0 spiro atoms. The molecule has 1 saturated heterocycles.